The molecule has 5 heteroatoms. The van der Waals surface area contributed by atoms with Crippen molar-refractivity contribution in [3.05, 3.63) is 20.8 Å². The van der Waals surface area contributed by atoms with Gasteiger partial charge in [0.1, 0.15) is 0 Å². The Morgan fingerprint density at radius 1 is 1.50 bits per heavy atom. The maximum Gasteiger partial charge on any atom is 0.0529 e. The van der Waals surface area contributed by atoms with Crippen LogP contribution in [0.15, 0.2) is 15.9 Å². The fourth-order valence-electron chi connectivity index (χ4n) is 1.43. The number of nitrogens with two attached hydrogens (primary N) is 1. The minimum atomic E-state index is 0.196. The van der Waals surface area contributed by atoms with Crippen LogP contribution in [0.25, 0.3) is 0 Å². The quantitative estimate of drug-likeness (QED) is 0.907. The van der Waals surface area contributed by atoms with Crippen molar-refractivity contribution >= 4 is 50.8 Å². The minimum Gasteiger partial charge on any atom is -0.322 e. The highest BCUT2D eigenvalue weighted by Gasteiger charge is 2.24. The van der Waals surface area contributed by atoms with Crippen LogP contribution >= 0.6 is 50.8 Å². The Balaban J connectivity index is 2.07. The van der Waals surface area contributed by atoms with Crippen molar-refractivity contribution in [3.63, 3.8) is 0 Å². The predicted molar refractivity (Wildman–Crippen MR) is 72.5 cm³/mol. The number of hydrogen-bond acceptors (Lipinski definition) is 4. The Bertz CT molecular complexity index is 296. The first-order valence-electron chi connectivity index (χ1n) is 4.47. The molecule has 0 bridgehead atoms. The van der Waals surface area contributed by atoms with Gasteiger partial charge in [0.2, 0.25) is 0 Å². The highest BCUT2D eigenvalue weighted by molar-refractivity contribution is 9.10. The molecule has 1 fully saturated rings. The van der Waals surface area contributed by atoms with E-state index in [1.807, 2.05) is 23.5 Å². The second-order valence-corrected chi connectivity index (χ2v) is 7.44. The smallest absolute Gasteiger partial charge is 0.0529 e. The maximum atomic E-state index is 6.26. The summed E-state index contributed by atoms with van der Waals surface area (Å²) in [6.45, 7) is 0. The molecule has 2 rings (SSSR count). The van der Waals surface area contributed by atoms with Crippen molar-refractivity contribution < 1.29 is 0 Å². The normalized spacial score (nSPS) is 24.9. The summed E-state index contributed by atoms with van der Waals surface area (Å²) in [5.74, 6) is 3.71. The van der Waals surface area contributed by atoms with E-state index in [2.05, 4.69) is 27.4 Å². The van der Waals surface area contributed by atoms with Gasteiger partial charge in [-0.1, -0.05) is 0 Å². The Labute approximate surface area is 105 Å². The van der Waals surface area contributed by atoms with Crippen LogP contribution in [0.3, 0.4) is 0 Å². The van der Waals surface area contributed by atoms with E-state index in [0.29, 0.717) is 5.25 Å². The molecule has 0 saturated carbocycles. The highest BCUT2D eigenvalue weighted by atomic mass is 79.9. The van der Waals surface area contributed by atoms with Crippen molar-refractivity contribution in [2.45, 2.75) is 11.3 Å². The van der Waals surface area contributed by atoms with Crippen LogP contribution in [-0.2, 0) is 0 Å². The van der Waals surface area contributed by atoms with Crippen LogP contribution in [0.2, 0.25) is 0 Å². The fraction of sp³-hybridized carbons (Fsp3) is 0.556. The summed E-state index contributed by atoms with van der Waals surface area (Å²) in [5.41, 5.74) is 6.26. The predicted octanol–water partition coefficient (Wildman–Crippen LogP) is 3.36. The SMILES string of the molecule is NC(c1sccc1Br)C1CSCCS1. The lowest BCUT2D eigenvalue weighted by Gasteiger charge is -2.26. The third-order valence-corrected chi connectivity index (χ3v) is 7.05. The van der Waals surface area contributed by atoms with Gasteiger partial charge in [0, 0.05) is 31.9 Å². The summed E-state index contributed by atoms with van der Waals surface area (Å²) in [6.07, 6.45) is 0. The number of thioether (sulfide) groups is 2. The Kier molecular flexibility index (Phi) is 4.25. The first kappa shape index (κ1) is 11.3. The summed E-state index contributed by atoms with van der Waals surface area (Å²) in [4.78, 5) is 1.30. The van der Waals surface area contributed by atoms with Crippen LogP contribution in [0.1, 0.15) is 10.9 Å². The molecular formula is C9H12BrNS3. The molecule has 0 aliphatic carbocycles. The molecule has 2 atom stereocenters. The van der Waals surface area contributed by atoms with E-state index in [0.717, 1.165) is 0 Å². The monoisotopic (exact) mass is 309 g/mol. The van der Waals surface area contributed by atoms with Crippen LogP contribution < -0.4 is 5.73 Å². The molecule has 0 aromatic carbocycles. The van der Waals surface area contributed by atoms with E-state index in [9.17, 15) is 0 Å². The average Bonchev–Trinajstić information content (AvgIpc) is 2.65. The number of thiophene rings is 1. The summed E-state index contributed by atoms with van der Waals surface area (Å²) in [6, 6.07) is 2.28. The van der Waals surface area contributed by atoms with Gasteiger partial charge in [-0.15, -0.1) is 11.3 Å². The number of halogens is 1. The molecule has 1 aliphatic rings. The lowest BCUT2D eigenvalue weighted by molar-refractivity contribution is 0.731. The van der Waals surface area contributed by atoms with E-state index in [1.165, 1.54) is 26.6 Å². The van der Waals surface area contributed by atoms with Gasteiger partial charge in [-0.05, 0) is 27.4 Å². The molecule has 2 heterocycles. The van der Waals surface area contributed by atoms with E-state index in [1.54, 1.807) is 11.3 Å². The zero-order valence-corrected chi connectivity index (χ0v) is 11.6. The third-order valence-electron chi connectivity index (χ3n) is 2.19. The van der Waals surface area contributed by atoms with Gasteiger partial charge in [0.05, 0.1) is 6.04 Å². The van der Waals surface area contributed by atoms with Crippen molar-refractivity contribution in [1.29, 1.82) is 0 Å². The van der Waals surface area contributed by atoms with Gasteiger partial charge in [-0.2, -0.15) is 23.5 Å². The second-order valence-electron chi connectivity index (χ2n) is 3.14. The molecule has 1 aromatic rings. The summed E-state index contributed by atoms with van der Waals surface area (Å²) in [7, 11) is 0. The minimum absolute atomic E-state index is 0.196. The third kappa shape index (κ3) is 2.50. The molecule has 0 spiro atoms. The van der Waals surface area contributed by atoms with Crippen molar-refractivity contribution in [1.82, 2.24) is 0 Å². The van der Waals surface area contributed by atoms with Crippen LogP contribution in [-0.4, -0.2) is 22.5 Å². The number of hydrogen-bond donors (Lipinski definition) is 1. The van der Waals surface area contributed by atoms with Gasteiger partial charge in [-0.25, -0.2) is 0 Å². The molecule has 0 amide bonds. The lowest BCUT2D eigenvalue weighted by atomic mass is 10.2. The zero-order chi connectivity index (χ0) is 9.97. The van der Waals surface area contributed by atoms with Gasteiger partial charge in [0.15, 0.2) is 0 Å². The standard InChI is InChI=1S/C9H12BrNS3/c10-6-1-2-14-9(6)8(11)7-5-12-3-4-13-7/h1-2,7-8H,3-5,11H2. The van der Waals surface area contributed by atoms with Crippen LogP contribution in [0.4, 0.5) is 0 Å². The fourth-order valence-corrected chi connectivity index (χ4v) is 6.00. The summed E-state index contributed by atoms with van der Waals surface area (Å²) in [5, 5.41) is 2.68. The van der Waals surface area contributed by atoms with Crippen molar-refractivity contribution in [2.75, 3.05) is 17.3 Å². The maximum absolute atomic E-state index is 6.26. The molecule has 0 radical (unpaired) electrons. The molecular weight excluding hydrogens is 298 g/mol. The molecule has 1 saturated heterocycles. The molecule has 1 aliphatic heterocycles. The Hall–Kier alpha value is 0.840. The van der Waals surface area contributed by atoms with Gasteiger partial charge in [-0.3, -0.25) is 0 Å². The van der Waals surface area contributed by atoms with E-state index in [-0.39, 0.29) is 6.04 Å². The Morgan fingerprint density at radius 2 is 2.36 bits per heavy atom. The average molecular weight is 310 g/mol. The molecule has 2 unspecified atom stereocenters. The molecule has 2 N–H and O–H groups in total. The second kappa shape index (κ2) is 5.25. The van der Waals surface area contributed by atoms with E-state index in [4.69, 9.17) is 5.73 Å². The van der Waals surface area contributed by atoms with E-state index >= 15 is 0 Å². The van der Waals surface area contributed by atoms with Crippen LogP contribution in [0.5, 0.6) is 0 Å². The zero-order valence-electron chi connectivity index (χ0n) is 7.61. The summed E-state index contributed by atoms with van der Waals surface area (Å²) >= 11 is 9.35. The molecule has 78 valence electrons. The molecule has 1 nitrogen and oxygen atoms in total. The number of rotatable bonds is 2. The largest absolute Gasteiger partial charge is 0.322 e. The molecule has 14 heavy (non-hydrogen) atoms. The topological polar surface area (TPSA) is 26.0 Å². The van der Waals surface area contributed by atoms with Gasteiger partial charge in [0.25, 0.3) is 0 Å². The summed E-state index contributed by atoms with van der Waals surface area (Å²) < 4.78 is 1.17. The highest BCUT2D eigenvalue weighted by Crippen LogP contribution is 2.37. The first-order valence-corrected chi connectivity index (χ1v) is 8.34. The lowest BCUT2D eigenvalue weighted by Crippen LogP contribution is -2.28. The van der Waals surface area contributed by atoms with Crippen molar-refractivity contribution in [3.8, 4) is 0 Å². The van der Waals surface area contributed by atoms with Gasteiger partial charge < -0.3 is 5.73 Å². The van der Waals surface area contributed by atoms with Gasteiger partial charge >= 0.3 is 0 Å². The Morgan fingerprint density at radius 3 is 2.93 bits per heavy atom. The van der Waals surface area contributed by atoms with Crippen molar-refractivity contribution in [2.24, 2.45) is 5.73 Å². The van der Waals surface area contributed by atoms with Crippen LogP contribution in [0, 0.1) is 0 Å². The van der Waals surface area contributed by atoms with E-state index < -0.39 is 0 Å². The first-order chi connectivity index (χ1) is 6.79. The molecule has 1 aromatic heterocycles.